The summed E-state index contributed by atoms with van der Waals surface area (Å²) in [4.78, 5) is 12.6. The predicted octanol–water partition coefficient (Wildman–Crippen LogP) is 5.56. The van der Waals surface area contributed by atoms with E-state index in [-0.39, 0.29) is 42.0 Å². The van der Waals surface area contributed by atoms with Gasteiger partial charge in [-0.1, -0.05) is 41.1 Å². The van der Waals surface area contributed by atoms with Gasteiger partial charge < -0.3 is 15.2 Å². The van der Waals surface area contributed by atoms with E-state index in [4.69, 9.17) is 9.84 Å². The van der Waals surface area contributed by atoms with E-state index in [0.717, 1.165) is 17.3 Å². The molecule has 0 aromatic heterocycles. The maximum absolute atomic E-state index is 12.6. The number of amides is 1. The lowest BCUT2D eigenvalue weighted by atomic mass is 9.64. The second-order valence-electron chi connectivity index (χ2n) is 9.01. The van der Waals surface area contributed by atoms with Crippen molar-refractivity contribution in [2.24, 2.45) is 17.8 Å². The molecule has 33 heavy (non-hydrogen) atoms. The van der Waals surface area contributed by atoms with Gasteiger partial charge >= 0.3 is 0 Å². The Balaban J connectivity index is 0. The molecule has 1 fully saturated rings. The second kappa shape index (κ2) is 19.0. The Bertz CT molecular complexity index is 651. The number of aliphatic hydroxyl groups is 1. The first-order valence-corrected chi connectivity index (χ1v) is 12.5. The van der Waals surface area contributed by atoms with Crippen LogP contribution in [0.5, 0.6) is 0 Å². The minimum atomic E-state index is -0.176. The molecule has 0 heterocycles. The Kier molecular flexibility index (Phi) is 19.4. The van der Waals surface area contributed by atoms with Gasteiger partial charge in [0, 0.05) is 22.5 Å². The van der Waals surface area contributed by atoms with Crippen molar-refractivity contribution in [3.63, 3.8) is 0 Å². The van der Waals surface area contributed by atoms with E-state index in [1.807, 2.05) is 59.8 Å². The van der Waals surface area contributed by atoms with Crippen molar-refractivity contribution in [2.75, 3.05) is 19.9 Å². The van der Waals surface area contributed by atoms with Gasteiger partial charge in [-0.2, -0.15) is 0 Å². The zero-order chi connectivity index (χ0) is 26.0. The summed E-state index contributed by atoms with van der Waals surface area (Å²) in [5.74, 6) is 0.667. The first kappa shape index (κ1) is 33.8. The molecule has 190 valence electrons. The van der Waals surface area contributed by atoms with Gasteiger partial charge in [0.2, 0.25) is 5.91 Å². The summed E-state index contributed by atoms with van der Waals surface area (Å²) in [6.45, 7) is 17.6. The topological polar surface area (TPSA) is 70.6 Å². The monoisotopic (exact) mass is 526 g/mol. The Hall–Kier alpha value is -1.39. The van der Waals surface area contributed by atoms with Gasteiger partial charge in [-0.15, -0.1) is 12.8 Å². The summed E-state index contributed by atoms with van der Waals surface area (Å²) in [6.07, 6.45) is 18.2. The predicted molar refractivity (Wildman–Crippen MR) is 145 cm³/mol. The molecule has 0 bridgehead atoms. The van der Waals surface area contributed by atoms with Gasteiger partial charge in [0.25, 0.3) is 0 Å². The molecule has 0 aromatic rings. The number of hydrogen-bond donors (Lipinski definition) is 3. The quantitative estimate of drug-likeness (QED) is 0.187. The van der Waals surface area contributed by atoms with Crippen molar-refractivity contribution in [1.29, 1.82) is 0 Å². The number of allylic oxidation sites excluding steroid dienone is 6. The van der Waals surface area contributed by atoms with Crippen LogP contribution in [-0.4, -0.2) is 42.5 Å². The van der Waals surface area contributed by atoms with Crippen LogP contribution in [0, 0.1) is 30.6 Å². The number of carbonyl (C=O) groups is 1. The number of terminal acetylenes is 1. The Morgan fingerprint density at radius 1 is 1.27 bits per heavy atom. The van der Waals surface area contributed by atoms with E-state index < -0.39 is 0 Å². The van der Waals surface area contributed by atoms with Crippen molar-refractivity contribution < 1.29 is 14.6 Å². The molecule has 0 saturated heterocycles. The van der Waals surface area contributed by atoms with Crippen LogP contribution in [0.3, 0.4) is 0 Å². The van der Waals surface area contributed by atoms with E-state index >= 15 is 0 Å². The largest absolute Gasteiger partial charge is 0.381 e. The summed E-state index contributed by atoms with van der Waals surface area (Å²) in [7, 11) is 0. The zero-order valence-electron chi connectivity index (χ0n) is 22.0. The van der Waals surface area contributed by atoms with Gasteiger partial charge in [0.15, 0.2) is 0 Å². The average molecular weight is 528 g/mol. The number of halogens is 1. The third-order valence-corrected chi connectivity index (χ3v) is 6.57. The number of nitrogens with one attached hydrogen (secondary N) is 2. The van der Waals surface area contributed by atoms with Crippen LogP contribution in [0.15, 0.2) is 34.4 Å². The Morgan fingerprint density at radius 2 is 1.88 bits per heavy atom. The lowest BCUT2D eigenvalue weighted by Gasteiger charge is -2.45. The molecule has 0 aromatic carbocycles. The van der Waals surface area contributed by atoms with Crippen LogP contribution >= 0.6 is 15.9 Å². The van der Waals surface area contributed by atoms with Gasteiger partial charge in [-0.25, -0.2) is 0 Å². The highest BCUT2D eigenvalue weighted by Crippen LogP contribution is 2.41. The van der Waals surface area contributed by atoms with Crippen LogP contribution in [0.25, 0.3) is 0 Å². The summed E-state index contributed by atoms with van der Waals surface area (Å²) >= 11 is 3.45. The molecule has 3 atom stereocenters. The standard InChI is InChI=1S/C16H32N2O3.C9H13Br.C2H2/c1-6-16(4,5)18-15(20)14-12(8-17-10-19)7-13(14)9-21-11(2)3;1-4-6-7-9(10)8(3)5-2;1-2/h11-14,17,19H,6-10H2,1-5H3,(H,18,20);4-7H,1-3H3;1-2H/b;6-4-,8-5+,9-7+;. The summed E-state index contributed by atoms with van der Waals surface area (Å²) in [5, 5.41) is 15.0. The van der Waals surface area contributed by atoms with Gasteiger partial charge in [-0.05, 0) is 84.8 Å². The van der Waals surface area contributed by atoms with Gasteiger partial charge in [-0.3, -0.25) is 10.1 Å². The molecule has 3 N–H and O–H groups in total. The highest BCUT2D eigenvalue weighted by molar-refractivity contribution is 9.12. The number of ether oxygens (including phenoxy) is 1. The maximum atomic E-state index is 12.6. The molecule has 1 saturated carbocycles. The summed E-state index contributed by atoms with van der Waals surface area (Å²) < 4.78 is 6.83. The van der Waals surface area contributed by atoms with E-state index in [0.29, 0.717) is 13.2 Å². The summed E-state index contributed by atoms with van der Waals surface area (Å²) in [6, 6.07) is 0. The molecular formula is C27H47BrN2O3. The van der Waals surface area contributed by atoms with Crippen LogP contribution in [0.2, 0.25) is 0 Å². The molecule has 1 amide bonds. The van der Waals surface area contributed by atoms with Crippen molar-refractivity contribution in [1.82, 2.24) is 10.6 Å². The number of hydrogen-bond acceptors (Lipinski definition) is 4. The number of aliphatic hydroxyl groups excluding tert-OH is 1. The average Bonchev–Trinajstić information content (AvgIpc) is 2.76. The van der Waals surface area contributed by atoms with E-state index in [9.17, 15) is 4.79 Å². The minimum absolute atomic E-state index is 0.0198. The maximum Gasteiger partial charge on any atom is 0.224 e. The van der Waals surface area contributed by atoms with Crippen LogP contribution < -0.4 is 10.6 Å². The van der Waals surface area contributed by atoms with E-state index in [2.05, 4.69) is 59.3 Å². The van der Waals surface area contributed by atoms with Crippen molar-refractivity contribution in [3.8, 4) is 12.8 Å². The van der Waals surface area contributed by atoms with Gasteiger partial charge in [0.05, 0.1) is 19.4 Å². The normalized spacial score (nSPS) is 20.9. The molecular weight excluding hydrogens is 480 g/mol. The van der Waals surface area contributed by atoms with Crippen molar-refractivity contribution >= 4 is 21.8 Å². The fraction of sp³-hybridized carbons (Fsp3) is 0.667. The van der Waals surface area contributed by atoms with E-state index in [1.165, 1.54) is 5.57 Å². The summed E-state index contributed by atoms with van der Waals surface area (Å²) in [5.41, 5.74) is 1.09. The first-order valence-electron chi connectivity index (χ1n) is 11.7. The number of carbonyl (C=O) groups excluding carboxylic acids is 1. The molecule has 3 unspecified atom stereocenters. The lowest BCUT2D eigenvalue weighted by molar-refractivity contribution is -0.140. The highest BCUT2D eigenvalue weighted by Gasteiger charge is 2.46. The molecule has 5 nitrogen and oxygen atoms in total. The zero-order valence-corrected chi connectivity index (χ0v) is 23.5. The van der Waals surface area contributed by atoms with Crippen molar-refractivity contribution in [3.05, 3.63) is 34.4 Å². The van der Waals surface area contributed by atoms with Crippen molar-refractivity contribution in [2.45, 2.75) is 79.9 Å². The SMILES string of the molecule is C#C.CCC(C)(C)NC(=O)C1C(CNCO)CC1COC(C)C.C\C=C/C=C(Br)\C(C)=C\C. The first-order chi connectivity index (χ1) is 15.5. The van der Waals surface area contributed by atoms with E-state index in [1.54, 1.807) is 0 Å². The fourth-order valence-corrected chi connectivity index (χ4v) is 3.58. The highest BCUT2D eigenvalue weighted by atomic mass is 79.9. The second-order valence-corrected chi connectivity index (χ2v) is 9.87. The van der Waals surface area contributed by atoms with Crippen LogP contribution in [0.1, 0.15) is 68.2 Å². The molecule has 1 rings (SSSR count). The molecule has 0 aliphatic heterocycles. The molecule has 1 aliphatic rings. The van der Waals surface area contributed by atoms with Gasteiger partial charge in [0.1, 0.15) is 0 Å². The molecule has 0 radical (unpaired) electrons. The third-order valence-electron chi connectivity index (χ3n) is 5.68. The molecule has 6 heteroatoms. The fourth-order valence-electron chi connectivity index (χ4n) is 3.20. The Labute approximate surface area is 211 Å². The molecule has 1 aliphatic carbocycles. The minimum Gasteiger partial charge on any atom is -0.381 e. The lowest BCUT2D eigenvalue weighted by Crippen LogP contribution is -2.56. The Morgan fingerprint density at radius 3 is 2.33 bits per heavy atom. The van der Waals surface area contributed by atoms with Crippen LogP contribution in [0.4, 0.5) is 0 Å². The third kappa shape index (κ3) is 14.5. The molecule has 0 spiro atoms. The van der Waals surface area contributed by atoms with Crippen LogP contribution in [-0.2, 0) is 9.53 Å². The smallest absolute Gasteiger partial charge is 0.224 e. The number of rotatable bonds is 11.